The number of amides is 3. The fourth-order valence-electron chi connectivity index (χ4n) is 4.49. The van der Waals surface area contributed by atoms with Crippen molar-refractivity contribution in [1.29, 1.82) is 0 Å². The van der Waals surface area contributed by atoms with E-state index in [9.17, 15) is 14.4 Å². The molecule has 1 unspecified atom stereocenters. The molecular weight excluding hydrogens is 524 g/mol. The number of hydrogen-bond acceptors (Lipinski definition) is 7. The van der Waals surface area contributed by atoms with Crippen LogP contribution in [-0.2, 0) is 25.7 Å². The van der Waals surface area contributed by atoms with Crippen LogP contribution in [0.3, 0.4) is 0 Å². The Morgan fingerprint density at radius 1 is 1.05 bits per heavy atom. The second kappa shape index (κ2) is 13.4. The first-order valence-corrected chi connectivity index (χ1v) is 13.6. The normalized spacial score (nSPS) is 14.8. The molecule has 0 saturated carbocycles. The fraction of sp³-hybridized carbons (Fsp3) is 0.400. The van der Waals surface area contributed by atoms with Gasteiger partial charge < -0.3 is 35.3 Å². The van der Waals surface area contributed by atoms with E-state index in [1.807, 2.05) is 47.4 Å². The smallest absolute Gasteiger partial charge is 0.250 e. The van der Waals surface area contributed by atoms with Gasteiger partial charge in [0.2, 0.25) is 11.8 Å². The zero-order valence-electron chi connectivity index (χ0n) is 23.7. The van der Waals surface area contributed by atoms with Gasteiger partial charge in [-0.2, -0.15) is 0 Å². The van der Waals surface area contributed by atoms with Gasteiger partial charge in [0.1, 0.15) is 17.8 Å². The van der Waals surface area contributed by atoms with Crippen LogP contribution in [0, 0.1) is 0 Å². The topological polar surface area (TPSA) is 141 Å². The molecule has 1 aliphatic rings. The maximum Gasteiger partial charge on any atom is 0.250 e. The molecule has 0 bridgehead atoms. The fourth-order valence-corrected chi connectivity index (χ4v) is 4.49. The summed E-state index contributed by atoms with van der Waals surface area (Å²) in [6.07, 6.45) is 5.05. The van der Waals surface area contributed by atoms with Crippen molar-refractivity contribution in [2.45, 2.75) is 50.9 Å². The Bertz CT molecular complexity index is 1310. The summed E-state index contributed by atoms with van der Waals surface area (Å²) in [6.45, 7) is 4.70. The third-order valence-corrected chi connectivity index (χ3v) is 6.84. The highest BCUT2D eigenvalue weighted by Crippen LogP contribution is 2.26. The van der Waals surface area contributed by atoms with Crippen molar-refractivity contribution in [3.05, 3.63) is 78.2 Å². The molecule has 2 aromatic carbocycles. The Balaban J connectivity index is 1.51. The van der Waals surface area contributed by atoms with Gasteiger partial charge in [0.25, 0.3) is 5.91 Å². The van der Waals surface area contributed by atoms with Crippen molar-refractivity contribution in [2.24, 2.45) is 5.73 Å². The van der Waals surface area contributed by atoms with Gasteiger partial charge in [0.15, 0.2) is 5.82 Å². The minimum Gasteiger partial charge on any atom is -0.497 e. The average Bonchev–Trinajstić information content (AvgIpc) is 3.66. The molecule has 11 nitrogen and oxygen atoms in total. The molecule has 11 heteroatoms. The van der Waals surface area contributed by atoms with Crippen LogP contribution in [0.1, 0.15) is 43.9 Å². The van der Waals surface area contributed by atoms with Crippen LogP contribution < -0.4 is 21.1 Å². The molecule has 218 valence electrons. The SMILES string of the molecule is COc1ccc(C(C(=O)N2CCCC2)n2cnc(NC(=O)[C@@H](COCc3ccccc3)NC(=O)C(C)(C)N)c2)cc1. The second-order valence-corrected chi connectivity index (χ2v) is 10.7. The van der Waals surface area contributed by atoms with Gasteiger partial charge in [0, 0.05) is 19.3 Å². The molecule has 4 rings (SSSR count). The van der Waals surface area contributed by atoms with Crippen molar-refractivity contribution in [1.82, 2.24) is 19.8 Å². The number of benzene rings is 2. The zero-order valence-corrected chi connectivity index (χ0v) is 23.7. The molecule has 1 aliphatic heterocycles. The lowest BCUT2D eigenvalue weighted by atomic mass is 10.1. The van der Waals surface area contributed by atoms with Crippen LogP contribution in [0.4, 0.5) is 5.82 Å². The predicted octanol–water partition coefficient (Wildman–Crippen LogP) is 2.48. The minimum absolute atomic E-state index is 0.0485. The van der Waals surface area contributed by atoms with Crippen molar-refractivity contribution >= 4 is 23.5 Å². The summed E-state index contributed by atoms with van der Waals surface area (Å²) in [5, 5.41) is 5.43. The number of hydrogen-bond donors (Lipinski definition) is 3. The molecule has 2 heterocycles. The lowest BCUT2D eigenvalue weighted by Crippen LogP contribution is -2.56. The van der Waals surface area contributed by atoms with Crippen LogP contribution in [0.25, 0.3) is 0 Å². The molecule has 1 fully saturated rings. The van der Waals surface area contributed by atoms with Crippen molar-refractivity contribution in [2.75, 3.05) is 32.1 Å². The first kappa shape index (κ1) is 29.8. The first-order chi connectivity index (χ1) is 19.7. The minimum atomic E-state index is -1.19. The molecule has 0 aliphatic carbocycles. The van der Waals surface area contributed by atoms with Crippen LogP contribution in [0.2, 0.25) is 0 Å². The number of carbonyl (C=O) groups excluding carboxylic acids is 3. The van der Waals surface area contributed by atoms with Gasteiger partial charge in [-0.1, -0.05) is 42.5 Å². The summed E-state index contributed by atoms with van der Waals surface area (Å²) in [5.74, 6) is -0.150. The highest BCUT2D eigenvalue weighted by atomic mass is 16.5. The zero-order chi connectivity index (χ0) is 29.4. The third-order valence-electron chi connectivity index (χ3n) is 6.84. The van der Waals surface area contributed by atoms with E-state index in [1.54, 1.807) is 43.9 Å². The Kier molecular flexibility index (Phi) is 9.74. The van der Waals surface area contributed by atoms with Crippen molar-refractivity contribution < 1.29 is 23.9 Å². The molecule has 3 amide bonds. The molecule has 4 N–H and O–H groups in total. The average molecular weight is 563 g/mol. The van der Waals surface area contributed by atoms with Crippen LogP contribution in [-0.4, -0.2) is 70.6 Å². The van der Waals surface area contributed by atoms with E-state index in [4.69, 9.17) is 15.2 Å². The number of ether oxygens (including phenoxy) is 2. The number of aromatic nitrogens is 2. The number of anilines is 1. The Hall–Kier alpha value is -4.22. The Morgan fingerprint density at radius 2 is 1.73 bits per heavy atom. The van der Waals surface area contributed by atoms with E-state index in [0.29, 0.717) is 18.8 Å². The standard InChI is InChI=1S/C30H38N6O5/c1-30(2,31)29(39)33-24(19-41-18-21-9-5-4-6-10-21)27(37)34-25-17-36(20-32-25)26(28(38)35-15-7-8-16-35)22-11-13-23(40-3)14-12-22/h4-6,9-14,17,20,24,26H,7-8,15-16,18-19,31H2,1-3H3,(H,33,39)(H,34,37)/t24-,26?/m1/s1. The largest absolute Gasteiger partial charge is 0.497 e. The molecule has 1 aromatic heterocycles. The van der Waals surface area contributed by atoms with E-state index in [2.05, 4.69) is 15.6 Å². The first-order valence-electron chi connectivity index (χ1n) is 13.6. The molecule has 3 aromatic rings. The summed E-state index contributed by atoms with van der Waals surface area (Å²) in [4.78, 5) is 45.7. The van der Waals surface area contributed by atoms with E-state index in [0.717, 1.165) is 24.0 Å². The molecule has 0 radical (unpaired) electrons. The number of nitrogens with two attached hydrogens (primary N) is 1. The van der Waals surface area contributed by atoms with E-state index in [-0.39, 0.29) is 24.9 Å². The third kappa shape index (κ3) is 7.92. The summed E-state index contributed by atoms with van der Waals surface area (Å²) < 4.78 is 12.7. The van der Waals surface area contributed by atoms with Crippen LogP contribution in [0.15, 0.2) is 67.1 Å². The lowest BCUT2D eigenvalue weighted by molar-refractivity contribution is -0.132. The Labute approximate surface area is 240 Å². The molecule has 0 spiro atoms. The number of rotatable bonds is 12. The summed E-state index contributed by atoms with van der Waals surface area (Å²) in [7, 11) is 1.59. The van der Waals surface area contributed by atoms with E-state index < -0.39 is 29.4 Å². The van der Waals surface area contributed by atoms with Gasteiger partial charge in [0.05, 0.1) is 32.2 Å². The van der Waals surface area contributed by atoms with E-state index in [1.165, 1.54) is 6.33 Å². The summed E-state index contributed by atoms with van der Waals surface area (Å²) >= 11 is 0. The van der Waals surface area contributed by atoms with E-state index >= 15 is 0 Å². The van der Waals surface area contributed by atoms with Crippen LogP contribution >= 0.6 is 0 Å². The van der Waals surface area contributed by atoms with Crippen molar-refractivity contribution in [3.8, 4) is 5.75 Å². The molecular formula is C30H38N6O5. The molecule has 41 heavy (non-hydrogen) atoms. The predicted molar refractivity (Wildman–Crippen MR) is 154 cm³/mol. The lowest BCUT2D eigenvalue weighted by Gasteiger charge is -2.24. The van der Waals surface area contributed by atoms with Crippen molar-refractivity contribution in [3.63, 3.8) is 0 Å². The maximum atomic E-state index is 13.6. The number of imidazole rings is 1. The van der Waals surface area contributed by atoms with Crippen LogP contribution in [0.5, 0.6) is 5.75 Å². The quantitative estimate of drug-likeness (QED) is 0.308. The monoisotopic (exact) mass is 562 g/mol. The number of carbonyl (C=O) groups is 3. The van der Waals surface area contributed by atoms with Gasteiger partial charge in [-0.15, -0.1) is 0 Å². The van der Waals surface area contributed by atoms with Gasteiger partial charge in [-0.25, -0.2) is 4.98 Å². The maximum absolute atomic E-state index is 13.6. The second-order valence-electron chi connectivity index (χ2n) is 10.7. The number of methoxy groups -OCH3 is 1. The number of likely N-dealkylation sites (tertiary alicyclic amines) is 1. The summed E-state index contributed by atoms with van der Waals surface area (Å²) in [5.41, 5.74) is 6.45. The highest BCUT2D eigenvalue weighted by Gasteiger charge is 2.31. The Morgan fingerprint density at radius 3 is 2.37 bits per heavy atom. The van der Waals surface area contributed by atoms with Gasteiger partial charge >= 0.3 is 0 Å². The molecule has 1 saturated heterocycles. The van der Waals surface area contributed by atoms with Gasteiger partial charge in [-0.3, -0.25) is 14.4 Å². The number of nitrogens with zero attached hydrogens (tertiary/aromatic N) is 3. The number of nitrogens with one attached hydrogen (secondary N) is 2. The molecule has 2 atom stereocenters. The van der Waals surface area contributed by atoms with Gasteiger partial charge in [-0.05, 0) is 49.9 Å². The summed E-state index contributed by atoms with van der Waals surface area (Å²) in [6, 6.07) is 15.1. The highest BCUT2D eigenvalue weighted by molar-refractivity contribution is 5.98.